The molecule has 88 valence electrons. The summed E-state index contributed by atoms with van der Waals surface area (Å²) in [6.45, 7) is 7.10. The van der Waals surface area contributed by atoms with E-state index in [0.29, 0.717) is 5.54 Å². The quantitative estimate of drug-likeness (QED) is 0.744. The van der Waals surface area contributed by atoms with Crippen LogP contribution in [0.3, 0.4) is 0 Å². The third-order valence-corrected chi connectivity index (χ3v) is 4.47. The van der Waals surface area contributed by atoms with E-state index >= 15 is 0 Å². The van der Waals surface area contributed by atoms with Crippen molar-refractivity contribution in [3.63, 3.8) is 0 Å². The lowest BCUT2D eigenvalue weighted by Gasteiger charge is -2.44. The van der Waals surface area contributed by atoms with Crippen LogP contribution >= 0.6 is 0 Å². The van der Waals surface area contributed by atoms with Crippen LogP contribution in [0.2, 0.25) is 0 Å². The van der Waals surface area contributed by atoms with Gasteiger partial charge in [0.15, 0.2) is 0 Å². The van der Waals surface area contributed by atoms with Gasteiger partial charge in [0, 0.05) is 18.1 Å². The van der Waals surface area contributed by atoms with E-state index in [-0.39, 0.29) is 0 Å². The van der Waals surface area contributed by atoms with Crippen molar-refractivity contribution >= 4 is 0 Å². The largest absolute Gasteiger partial charge is 0.313 e. The topological polar surface area (TPSA) is 24.1 Å². The molecule has 1 aliphatic heterocycles. The van der Waals surface area contributed by atoms with Crippen LogP contribution in [0.15, 0.2) is 0 Å². The van der Waals surface area contributed by atoms with Crippen LogP contribution < -0.4 is 10.6 Å². The third kappa shape index (κ3) is 2.73. The average molecular weight is 210 g/mol. The van der Waals surface area contributed by atoms with Gasteiger partial charge in [-0.05, 0) is 51.0 Å². The smallest absolute Gasteiger partial charge is 0.0195 e. The molecule has 0 spiro atoms. The Morgan fingerprint density at radius 2 is 2.20 bits per heavy atom. The van der Waals surface area contributed by atoms with Crippen molar-refractivity contribution in [1.29, 1.82) is 0 Å². The highest BCUT2D eigenvalue weighted by Gasteiger charge is 2.35. The second-order valence-corrected chi connectivity index (χ2v) is 5.65. The molecule has 0 amide bonds. The van der Waals surface area contributed by atoms with Gasteiger partial charge in [-0.15, -0.1) is 0 Å². The van der Waals surface area contributed by atoms with Crippen LogP contribution in [0.1, 0.15) is 52.4 Å². The van der Waals surface area contributed by atoms with E-state index in [9.17, 15) is 0 Å². The summed E-state index contributed by atoms with van der Waals surface area (Å²) < 4.78 is 0. The average Bonchev–Trinajstić information content (AvgIpc) is 2.17. The molecule has 2 nitrogen and oxygen atoms in total. The third-order valence-electron chi connectivity index (χ3n) is 4.47. The fourth-order valence-corrected chi connectivity index (χ4v) is 2.97. The predicted molar refractivity (Wildman–Crippen MR) is 65.1 cm³/mol. The van der Waals surface area contributed by atoms with Crippen molar-refractivity contribution in [2.24, 2.45) is 5.92 Å². The number of hydrogen-bond acceptors (Lipinski definition) is 2. The van der Waals surface area contributed by atoms with Gasteiger partial charge in [0.05, 0.1) is 0 Å². The molecular weight excluding hydrogens is 184 g/mol. The molecule has 0 aromatic rings. The summed E-state index contributed by atoms with van der Waals surface area (Å²) in [5, 5.41) is 7.44. The Hall–Kier alpha value is -0.0800. The van der Waals surface area contributed by atoms with Gasteiger partial charge in [-0.2, -0.15) is 0 Å². The number of hydrogen-bond donors (Lipinski definition) is 2. The van der Waals surface area contributed by atoms with Gasteiger partial charge in [0.2, 0.25) is 0 Å². The molecule has 0 radical (unpaired) electrons. The van der Waals surface area contributed by atoms with Crippen molar-refractivity contribution in [3.05, 3.63) is 0 Å². The Balaban J connectivity index is 1.72. The maximum absolute atomic E-state index is 3.81. The van der Waals surface area contributed by atoms with Crippen molar-refractivity contribution in [2.45, 2.75) is 64.0 Å². The molecule has 1 aliphatic carbocycles. The Bertz CT molecular complexity index is 193. The van der Waals surface area contributed by atoms with E-state index in [2.05, 4.69) is 24.5 Å². The molecule has 2 atom stereocenters. The molecule has 2 heteroatoms. The first kappa shape index (κ1) is 11.4. The molecule has 0 aromatic heterocycles. The molecule has 2 N–H and O–H groups in total. The lowest BCUT2D eigenvalue weighted by Crippen LogP contribution is -2.55. The summed E-state index contributed by atoms with van der Waals surface area (Å²) in [5.74, 6) is 0.914. The van der Waals surface area contributed by atoms with Gasteiger partial charge < -0.3 is 10.6 Å². The SMILES string of the molecule is CCC1(NCC2CC(C)CCN2)CCC1. The first-order valence-corrected chi connectivity index (χ1v) is 6.72. The van der Waals surface area contributed by atoms with E-state index < -0.39 is 0 Å². The van der Waals surface area contributed by atoms with Gasteiger partial charge in [-0.1, -0.05) is 13.8 Å². The van der Waals surface area contributed by atoms with Crippen LogP contribution in [0.4, 0.5) is 0 Å². The Morgan fingerprint density at radius 1 is 1.40 bits per heavy atom. The zero-order valence-electron chi connectivity index (χ0n) is 10.3. The van der Waals surface area contributed by atoms with Crippen molar-refractivity contribution in [3.8, 4) is 0 Å². The molecule has 2 fully saturated rings. The Kier molecular flexibility index (Phi) is 3.68. The van der Waals surface area contributed by atoms with Gasteiger partial charge in [0.1, 0.15) is 0 Å². The fraction of sp³-hybridized carbons (Fsp3) is 1.00. The number of rotatable bonds is 4. The molecule has 1 heterocycles. The Morgan fingerprint density at radius 3 is 2.73 bits per heavy atom. The maximum Gasteiger partial charge on any atom is 0.0195 e. The number of nitrogens with one attached hydrogen (secondary N) is 2. The minimum absolute atomic E-state index is 0.516. The normalized spacial score (nSPS) is 34.8. The molecule has 2 rings (SSSR count). The maximum atomic E-state index is 3.81. The molecule has 0 aromatic carbocycles. The monoisotopic (exact) mass is 210 g/mol. The first-order chi connectivity index (χ1) is 7.24. The summed E-state index contributed by atoms with van der Waals surface area (Å²) >= 11 is 0. The summed E-state index contributed by atoms with van der Waals surface area (Å²) in [5.41, 5.74) is 0.516. The summed E-state index contributed by atoms with van der Waals surface area (Å²) in [7, 11) is 0. The number of piperidine rings is 1. The van der Waals surface area contributed by atoms with E-state index in [0.717, 1.165) is 12.0 Å². The zero-order chi connectivity index (χ0) is 10.7. The van der Waals surface area contributed by atoms with Crippen LogP contribution in [-0.4, -0.2) is 24.7 Å². The summed E-state index contributed by atoms with van der Waals surface area (Å²) in [6, 6.07) is 0.720. The van der Waals surface area contributed by atoms with Crippen LogP contribution in [0.5, 0.6) is 0 Å². The standard InChI is InChI=1S/C13H26N2/c1-3-13(6-4-7-13)15-10-12-9-11(2)5-8-14-12/h11-12,14-15H,3-10H2,1-2H3. The molecule has 1 saturated heterocycles. The molecule has 1 saturated carbocycles. The highest BCUT2D eigenvalue weighted by Crippen LogP contribution is 2.34. The van der Waals surface area contributed by atoms with Crippen LogP contribution in [0, 0.1) is 5.92 Å². The predicted octanol–water partition coefficient (Wildman–Crippen LogP) is 2.30. The van der Waals surface area contributed by atoms with E-state index in [1.165, 1.54) is 51.6 Å². The first-order valence-electron chi connectivity index (χ1n) is 6.72. The van der Waals surface area contributed by atoms with Gasteiger partial charge in [0.25, 0.3) is 0 Å². The molecule has 2 unspecified atom stereocenters. The second kappa shape index (κ2) is 4.84. The van der Waals surface area contributed by atoms with Crippen molar-refractivity contribution < 1.29 is 0 Å². The van der Waals surface area contributed by atoms with Gasteiger partial charge in [-0.3, -0.25) is 0 Å². The minimum Gasteiger partial charge on any atom is -0.313 e. The van der Waals surface area contributed by atoms with Crippen molar-refractivity contribution in [1.82, 2.24) is 10.6 Å². The van der Waals surface area contributed by atoms with Gasteiger partial charge >= 0.3 is 0 Å². The minimum atomic E-state index is 0.516. The highest BCUT2D eigenvalue weighted by atomic mass is 15.0. The molecule has 15 heavy (non-hydrogen) atoms. The van der Waals surface area contributed by atoms with E-state index in [4.69, 9.17) is 0 Å². The second-order valence-electron chi connectivity index (χ2n) is 5.65. The molecular formula is C13H26N2. The van der Waals surface area contributed by atoms with E-state index in [1.807, 2.05) is 0 Å². The molecule has 2 aliphatic rings. The van der Waals surface area contributed by atoms with Gasteiger partial charge in [-0.25, -0.2) is 0 Å². The zero-order valence-corrected chi connectivity index (χ0v) is 10.3. The lowest BCUT2D eigenvalue weighted by molar-refractivity contribution is 0.164. The highest BCUT2D eigenvalue weighted by molar-refractivity contribution is 4.96. The van der Waals surface area contributed by atoms with Crippen LogP contribution in [-0.2, 0) is 0 Å². The summed E-state index contributed by atoms with van der Waals surface area (Å²) in [4.78, 5) is 0. The Labute approximate surface area is 94.2 Å². The van der Waals surface area contributed by atoms with Crippen molar-refractivity contribution in [2.75, 3.05) is 13.1 Å². The van der Waals surface area contributed by atoms with E-state index in [1.54, 1.807) is 0 Å². The molecule has 0 bridgehead atoms. The lowest BCUT2D eigenvalue weighted by atomic mass is 9.74. The fourth-order valence-electron chi connectivity index (χ4n) is 2.97. The summed E-state index contributed by atoms with van der Waals surface area (Å²) in [6.07, 6.45) is 8.23. The van der Waals surface area contributed by atoms with Crippen LogP contribution in [0.25, 0.3) is 0 Å².